The summed E-state index contributed by atoms with van der Waals surface area (Å²) in [5, 5.41) is 0. The Balaban J connectivity index is 2.04. The molecule has 1 atom stereocenters. The molecule has 2 aromatic rings. The van der Waals surface area contributed by atoms with E-state index in [2.05, 4.69) is 72.6 Å². The van der Waals surface area contributed by atoms with Gasteiger partial charge in [-0.1, -0.05) is 44.9 Å². The molecule has 32 heavy (non-hydrogen) atoms. The third-order valence-electron chi connectivity index (χ3n) is 5.64. The van der Waals surface area contributed by atoms with Crippen molar-refractivity contribution in [1.82, 2.24) is 4.31 Å². The van der Waals surface area contributed by atoms with Crippen LogP contribution < -0.4 is 9.64 Å². The summed E-state index contributed by atoms with van der Waals surface area (Å²) in [7, 11) is 2.20. The number of hydrogen-bond acceptors (Lipinski definition) is 6. The lowest BCUT2D eigenvalue weighted by Crippen LogP contribution is -2.35. The van der Waals surface area contributed by atoms with Crippen molar-refractivity contribution in [3.8, 4) is 5.75 Å². The average Bonchev–Trinajstić information content (AvgIpc) is 2.92. The minimum absolute atomic E-state index is 0.370. The van der Waals surface area contributed by atoms with Crippen molar-refractivity contribution in [3.63, 3.8) is 0 Å². The van der Waals surface area contributed by atoms with Crippen molar-refractivity contribution in [3.05, 3.63) is 42.5 Å². The topological polar surface area (TPSA) is 32.8 Å². The quantitative estimate of drug-likeness (QED) is 0.209. The number of carbonyl (C=O) groups excluding carboxylic acids is 1. The van der Waals surface area contributed by atoms with E-state index in [1.807, 2.05) is 13.8 Å². The van der Waals surface area contributed by atoms with Gasteiger partial charge in [-0.3, -0.25) is 0 Å². The number of benzene rings is 2. The first-order chi connectivity index (χ1) is 15.4. The van der Waals surface area contributed by atoms with E-state index in [0.717, 1.165) is 29.2 Å². The molecule has 0 saturated carbocycles. The van der Waals surface area contributed by atoms with Crippen LogP contribution in [0.25, 0.3) is 0 Å². The van der Waals surface area contributed by atoms with E-state index in [0.29, 0.717) is 12.6 Å². The van der Waals surface area contributed by atoms with Gasteiger partial charge in [-0.05, 0) is 69.3 Å². The van der Waals surface area contributed by atoms with Crippen LogP contribution in [0.1, 0.15) is 47.0 Å². The lowest BCUT2D eigenvalue weighted by atomic mass is 9.98. The maximum atomic E-state index is 11.4. The highest BCUT2D eigenvalue weighted by Crippen LogP contribution is 2.46. The summed E-state index contributed by atoms with van der Waals surface area (Å²) in [5.41, 5.74) is 1.94. The Labute approximate surface area is 202 Å². The summed E-state index contributed by atoms with van der Waals surface area (Å²) in [6, 6.07) is 15.6. The normalized spacial score (nSPS) is 17.0. The van der Waals surface area contributed by atoms with Crippen LogP contribution in [0.5, 0.6) is 5.75 Å². The van der Waals surface area contributed by atoms with E-state index >= 15 is 0 Å². The van der Waals surface area contributed by atoms with E-state index in [9.17, 15) is 4.79 Å². The fourth-order valence-corrected chi connectivity index (χ4v) is 5.53. The molecule has 0 aliphatic carbocycles. The van der Waals surface area contributed by atoms with Crippen molar-refractivity contribution in [1.29, 1.82) is 0 Å². The maximum Gasteiger partial charge on any atom is 0.134 e. The Morgan fingerprint density at radius 2 is 1.97 bits per heavy atom. The molecular formula is C26H36N2O2S2. The van der Waals surface area contributed by atoms with Crippen LogP contribution in [0.4, 0.5) is 11.4 Å². The van der Waals surface area contributed by atoms with Gasteiger partial charge in [0.1, 0.15) is 12.0 Å². The van der Waals surface area contributed by atoms with Crippen LogP contribution in [0.3, 0.4) is 0 Å². The van der Waals surface area contributed by atoms with Crippen LogP contribution in [0.15, 0.2) is 52.3 Å². The Hall–Kier alpha value is -1.63. The van der Waals surface area contributed by atoms with E-state index in [-0.39, 0.29) is 0 Å². The SMILES string of the molecule is CCCCC1CN(c2ccccc2)c2cc(SCC)c(OCC(C)(C)C=O)cc2SN1C. The minimum Gasteiger partial charge on any atom is -0.491 e. The number of nitrogens with zero attached hydrogens (tertiary/aromatic N) is 2. The van der Waals surface area contributed by atoms with Gasteiger partial charge < -0.3 is 14.4 Å². The lowest BCUT2D eigenvalue weighted by molar-refractivity contribution is -0.116. The minimum atomic E-state index is -0.508. The monoisotopic (exact) mass is 472 g/mol. The highest BCUT2D eigenvalue weighted by atomic mass is 32.2. The first-order valence-electron chi connectivity index (χ1n) is 11.5. The molecule has 3 rings (SSSR count). The predicted octanol–water partition coefficient (Wildman–Crippen LogP) is 7.05. The van der Waals surface area contributed by atoms with Crippen LogP contribution in [-0.2, 0) is 4.79 Å². The molecule has 174 valence electrons. The molecule has 4 nitrogen and oxygen atoms in total. The van der Waals surface area contributed by atoms with Gasteiger partial charge in [-0.25, -0.2) is 4.31 Å². The van der Waals surface area contributed by atoms with Crippen molar-refractivity contribution in [2.24, 2.45) is 5.41 Å². The molecule has 0 fully saturated rings. The van der Waals surface area contributed by atoms with Crippen molar-refractivity contribution < 1.29 is 9.53 Å². The summed E-state index contributed by atoms with van der Waals surface area (Å²) in [6.45, 7) is 9.56. The zero-order valence-electron chi connectivity index (χ0n) is 20.0. The Morgan fingerprint density at radius 1 is 1.22 bits per heavy atom. The van der Waals surface area contributed by atoms with Crippen LogP contribution in [0.2, 0.25) is 0 Å². The Kier molecular flexibility index (Phi) is 8.97. The van der Waals surface area contributed by atoms with Gasteiger partial charge in [0.2, 0.25) is 0 Å². The van der Waals surface area contributed by atoms with Gasteiger partial charge in [0.25, 0.3) is 0 Å². The first kappa shape index (κ1) is 25.0. The third kappa shape index (κ3) is 6.24. The number of unbranched alkanes of at least 4 members (excludes halogenated alkanes) is 1. The molecule has 0 spiro atoms. The molecule has 0 aromatic heterocycles. The Morgan fingerprint density at radius 3 is 2.62 bits per heavy atom. The average molecular weight is 473 g/mol. The van der Waals surface area contributed by atoms with Crippen molar-refractivity contribution in [2.45, 2.75) is 62.8 Å². The zero-order valence-corrected chi connectivity index (χ0v) is 21.6. The molecule has 0 bridgehead atoms. The standard InChI is InChI=1S/C26H36N2O2S2/c1-6-8-12-21-17-28(20-13-10-9-11-14-20)22-15-25(31-7-2)23(16-24(22)32-27(21)5)30-19-26(3,4)18-29/h9-11,13-16,18,21H,6-8,12,17,19H2,1-5H3. The highest BCUT2D eigenvalue weighted by Gasteiger charge is 2.29. The molecule has 2 aromatic carbocycles. The van der Waals surface area contributed by atoms with E-state index < -0.39 is 5.41 Å². The number of fused-ring (bicyclic) bond motifs is 1. The molecule has 1 aliphatic rings. The van der Waals surface area contributed by atoms with Crippen molar-refractivity contribution in [2.75, 3.05) is 30.9 Å². The lowest BCUT2D eigenvalue weighted by Gasteiger charge is -2.30. The molecular weight excluding hydrogens is 436 g/mol. The second kappa shape index (κ2) is 11.5. The largest absolute Gasteiger partial charge is 0.491 e. The summed E-state index contributed by atoms with van der Waals surface area (Å²) in [6.07, 6.45) is 4.57. The summed E-state index contributed by atoms with van der Waals surface area (Å²) >= 11 is 3.59. The van der Waals surface area contributed by atoms with Gasteiger partial charge in [-0.2, -0.15) is 0 Å². The number of thioether (sulfide) groups is 1. The number of likely N-dealkylation sites (N-methyl/N-ethyl adjacent to an activating group) is 1. The molecule has 0 radical (unpaired) electrons. The van der Waals surface area contributed by atoms with Gasteiger partial charge in [-0.15, -0.1) is 11.8 Å². The molecule has 1 aliphatic heterocycles. The number of hydrogen-bond donors (Lipinski definition) is 0. The predicted molar refractivity (Wildman–Crippen MR) is 139 cm³/mol. The summed E-state index contributed by atoms with van der Waals surface area (Å²) in [5.74, 6) is 1.83. The number of carbonyl (C=O) groups is 1. The van der Waals surface area contributed by atoms with E-state index in [1.165, 1.54) is 35.5 Å². The van der Waals surface area contributed by atoms with Crippen LogP contribution >= 0.6 is 23.7 Å². The maximum absolute atomic E-state index is 11.4. The molecule has 0 amide bonds. The zero-order chi connectivity index (χ0) is 23.1. The number of para-hydroxylation sites is 1. The second-order valence-corrected chi connectivity index (χ2v) is 11.5. The smallest absolute Gasteiger partial charge is 0.134 e. The fourth-order valence-electron chi connectivity index (χ4n) is 3.71. The van der Waals surface area contributed by atoms with Gasteiger partial charge in [0.15, 0.2) is 0 Å². The van der Waals surface area contributed by atoms with Gasteiger partial charge >= 0.3 is 0 Å². The van der Waals surface area contributed by atoms with Crippen LogP contribution in [-0.4, -0.2) is 42.6 Å². The molecule has 0 N–H and O–H groups in total. The van der Waals surface area contributed by atoms with E-state index in [4.69, 9.17) is 4.74 Å². The molecule has 1 unspecified atom stereocenters. The fraction of sp³-hybridized carbons (Fsp3) is 0.500. The summed E-state index contributed by atoms with van der Waals surface area (Å²) in [4.78, 5) is 16.2. The van der Waals surface area contributed by atoms with Crippen molar-refractivity contribution >= 4 is 41.4 Å². The number of rotatable bonds is 10. The third-order valence-corrected chi connectivity index (χ3v) is 7.67. The van der Waals surface area contributed by atoms with Gasteiger partial charge in [0, 0.05) is 18.3 Å². The van der Waals surface area contributed by atoms with Gasteiger partial charge in [0.05, 0.1) is 27.5 Å². The first-order valence-corrected chi connectivity index (χ1v) is 13.3. The van der Waals surface area contributed by atoms with Crippen LogP contribution in [0, 0.1) is 5.41 Å². The van der Waals surface area contributed by atoms with E-state index in [1.54, 1.807) is 23.7 Å². The number of anilines is 2. The Bertz CT molecular complexity index is 889. The number of ether oxygens (including phenoxy) is 1. The molecule has 6 heteroatoms. The molecule has 0 saturated heterocycles. The number of aldehydes is 1. The summed E-state index contributed by atoms with van der Waals surface area (Å²) < 4.78 is 8.62. The second-order valence-electron chi connectivity index (χ2n) is 8.97. The highest BCUT2D eigenvalue weighted by molar-refractivity contribution is 7.99. The molecule has 1 heterocycles.